The number of carbonyl (C=O) groups excluding carboxylic acids is 1. The van der Waals surface area contributed by atoms with E-state index in [1.807, 2.05) is 11.9 Å². The van der Waals surface area contributed by atoms with E-state index in [0.717, 1.165) is 17.4 Å². The highest BCUT2D eigenvalue weighted by Crippen LogP contribution is 2.34. The molecule has 3 nitrogen and oxygen atoms in total. The minimum absolute atomic E-state index is 0.332. The van der Waals surface area contributed by atoms with Crippen molar-refractivity contribution in [1.82, 2.24) is 4.90 Å². The van der Waals surface area contributed by atoms with Gasteiger partial charge in [0.15, 0.2) is 0 Å². The van der Waals surface area contributed by atoms with E-state index in [4.69, 9.17) is 0 Å². The Labute approximate surface area is 79.9 Å². The van der Waals surface area contributed by atoms with Crippen LogP contribution in [0, 0.1) is 0 Å². The van der Waals surface area contributed by atoms with Crippen LogP contribution in [0.5, 0.6) is 0 Å². The number of quaternary nitrogens is 1. The molecule has 2 atom stereocenters. The van der Waals surface area contributed by atoms with Crippen LogP contribution in [0.3, 0.4) is 0 Å². The lowest BCUT2D eigenvalue weighted by Gasteiger charge is -2.35. The number of nitrogens with zero attached hydrogens (tertiary/aromatic N) is 2. The van der Waals surface area contributed by atoms with Crippen molar-refractivity contribution in [1.29, 1.82) is 0 Å². The predicted octanol–water partition coefficient (Wildman–Crippen LogP) is 0.456. The van der Waals surface area contributed by atoms with Gasteiger partial charge in [0.1, 0.15) is 6.04 Å². The van der Waals surface area contributed by atoms with Gasteiger partial charge < -0.3 is 9.38 Å². The Morgan fingerprint density at radius 3 is 2.62 bits per heavy atom. The SMILES string of the molecule is CN1CC2CCC(CC1=O)[N+]2(C)C. The zero-order valence-electron chi connectivity index (χ0n) is 8.79. The van der Waals surface area contributed by atoms with Crippen LogP contribution in [0.15, 0.2) is 0 Å². The largest absolute Gasteiger partial charge is 0.340 e. The molecule has 2 unspecified atom stereocenters. The second-order valence-corrected chi connectivity index (χ2v) is 4.99. The molecule has 0 N–H and O–H groups in total. The molecule has 2 heterocycles. The van der Waals surface area contributed by atoms with E-state index in [1.165, 1.54) is 12.8 Å². The molecular weight excluding hydrogens is 164 g/mol. The second-order valence-electron chi connectivity index (χ2n) is 4.99. The Hall–Kier alpha value is -0.570. The average molecular weight is 183 g/mol. The van der Waals surface area contributed by atoms with Crippen LogP contribution >= 0.6 is 0 Å². The average Bonchev–Trinajstić information content (AvgIpc) is 2.25. The third-order valence-electron chi connectivity index (χ3n) is 4.04. The molecule has 0 saturated carbocycles. The minimum Gasteiger partial charge on any atom is -0.340 e. The first-order valence-corrected chi connectivity index (χ1v) is 5.09. The molecule has 0 aromatic carbocycles. The van der Waals surface area contributed by atoms with Crippen LogP contribution < -0.4 is 0 Å². The summed E-state index contributed by atoms with van der Waals surface area (Å²) in [5.41, 5.74) is 0. The van der Waals surface area contributed by atoms with Crippen LogP contribution in [-0.2, 0) is 4.79 Å². The maximum atomic E-state index is 11.6. The third kappa shape index (κ3) is 1.26. The van der Waals surface area contributed by atoms with Gasteiger partial charge in [-0.25, -0.2) is 0 Å². The summed E-state index contributed by atoms with van der Waals surface area (Å²) in [5, 5.41) is 0. The van der Waals surface area contributed by atoms with Gasteiger partial charge in [-0.05, 0) is 0 Å². The van der Waals surface area contributed by atoms with E-state index in [9.17, 15) is 4.79 Å². The standard InChI is InChI=1S/C10H19N2O/c1-11-7-9-5-4-8(6-10(11)13)12(9,2)3/h8-9H,4-7H2,1-3H3/q+1. The number of hydrogen-bond donors (Lipinski definition) is 0. The van der Waals surface area contributed by atoms with Crippen molar-refractivity contribution in [2.75, 3.05) is 27.7 Å². The quantitative estimate of drug-likeness (QED) is 0.499. The summed E-state index contributed by atoms with van der Waals surface area (Å²) in [4.78, 5) is 13.5. The molecule has 2 fully saturated rings. The summed E-state index contributed by atoms with van der Waals surface area (Å²) in [5.74, 6) is 0.332. The Morgan fingerprint density at radius 1 is 1.31 bits per heavy atom. The first-order valence-electron chi connectivity index (χ1n) is 5.09. The van der Waals surface area contributed by atoms with Gasteiger partial charge in [0, 0.05) is 19.9 Å². The zero-order valence-corrected chi connectivity index (χ0v) is 8.79. The van der Waals surface area contributed by atoms with Crippen LogP contribution in [0.4, 0.5) is 0 Å². The van der Waals surface area contributed by atoms with E-state index in [2.05, 4.69) is 14.1 Å². The van der Waals surface area contributed by atoms with Gasteiger partial charge in [0.2, 0.25) is 5.91 Å². The fourth-order valence-electron chi connectivity index (χ4n) is 2.76. The molecule has 2 rings (SSSR count). The van der Waals surface area contributed by atoms with Crippen molar-refractivity contribution in [2.24, 2.45) is 0 Å². The predicted molar refractivity (Wildman–Crippen MR) is 51.2 cm³/mol. The topological polar surface area (TPSA) is 20.3 Å². The lowest BCUT2D eigenvalue weighted by molar-refractivity contribution is -0.922. The van der Waals surface area contributed by atoms with Crippen LogP contribution in [0.1, 0.15) is 19.3 Å². The normalized spacial score (nSPS) is 37.8. The van der Waals surface area contributed by atoms with Gasteiger partial charge in [-0.15, -0.1) is 0 Å². The maximum absolute atomic E-state index is 11.6. The molecule has 0 aliphatic carbocycles. The van der Waals surface area contributed by atoms with Gasteiger partial charge in [0.25, 0.3) is 0 Å². The zero-order chi connectivity index (χ0) is 9.64. The number of carbonyl (C=O) groups is 1. The molecule has 2 bridgehead atoms. The number of fused-ring (bicyclic) bond motifs is 2. The first-order chi connectivity index (χ1) is 6.01. The lowest BCUT2D eigenvalue weighted by atomic mass is 10.1. The molecule has 2 aliphatic rings. The third-order valence-corrected chi connectivity index (χ3v) is 4.04. The summed E-state index contributed by atoms with van der Waals surface area (Å²) in [7, 11) is 6.48. The second kappa shape index (κ2) is 2.71. The van der Waals surface area contributed by atoms with Gasteiger partial charge in [-0.2, -0.15) is 0 Å². The highest BCUT2D eigenvalue weighted by atomic mass is 16.2. The van der Waals surface area contributed by atoms with Crippen molar-refractivity contribution in [3.8, 4) is 0 Å². The van der Waals surface area contributed by atoms with E-state index < -0.39 is 0 Å². The molecule has 0 radical (unpaired) electrons. The molecular formula is C10H19N2O+. The summed E-state index contributed by atoms with van der Waals surface area (Å²) >= 11 is 0. The monoisotopic (exact) mass is 183 g/mol. The summed E-state index contributed by atoms with van der Waals surface area (Å²) < 4.78 is 1.05. The number of hydrogen-bond acceptors (Lipinski definition) is 1. The fourth-order valence-corrected chi connectivity index (χ4v) is 2.76. The van der Waals surface area contributed by atoms with E-state index >= 15 is 0 Å². The fraction of sp³-hybridized carbons (Fsp3) is 0.900. The number of likely N-dealkylation sites (N-methyl/N-ethyl adjacent to an activating group) is 2. The van der Waals surface area contributed by atoms with Crippen molar-refractivity contribution < 1.29 is 9.28 Å². The smallest absolute Gasteiger partial charge is 0.228 e. The minimum atomic E-state index is 0.332. The van der Waals surface area contributed by atoms with Crippen LogP contribution in [0.25, 0.3) is 0 Å². The molecule has 13 heavy (non-hydrogen) atoms. The van der Waals surface area contributed by atoms with Crippen molar-refractivity contribution in [3.63, 3.8) is 0 Å². The summed E-state index contributed by atoms with van der Waals surface area (Å²) in [6.45, 7) is 0.947. The van der Waals surface area contributed by atoms with Crippen molar-refractivity contribution >= 4 is 5.91 Å². The highest BCUT2D eigenvalue weighted by molar-refractivity contribution is 5.76. The van der Waals surface area contributed by atoms with E-state index in [0.29, 0.717) is 18.0 Å². The van der Waals surface area contributed by atoms with Gasteiger partial charge in [-0.3, -0.25) is 4.79 Å². The molecule has 0 aromatic heterocycles. The number of rotatable bonds is 0. The molecule has 3 heteroatoms. The van der Waals surface area contributed by atoms with Crippen LogP contribution in [-0.4, -0.2) is 55.1 Å². The molecule has 2 saturated heterocycles. The van der Waals surface area contributed by atoms with Crippen molar-refractivity contribution in [3.05, 3.63) is 0 Å². The lowest BCUT2D eigenvalue weighted by Crippen LogP contribution is -2.50. The van der Waals surface area contributed by atoms with E-state index in [1.54, 1.807) is 0 Å². The Morgan fingerprint density at radius 2 is 1.92 bits per heavy atom. The molecule has 1 amide bonds. The van der Waals surface area contributed by atoms with Gasteiger partial charge in [-0.1, -0.05) is 0 Å². The van der Waals surface area contributed by atoms with Crippen LogP contribution in [0.2, 0.25) is 0 Å². The summed E-state index contributed by atoms with van der Waals surface area (Å²) in [6.07, 6.45) is 3.27. The highest BCUT2D eigenvalue weighted by Gasteiger charge is 2.47. The Balaban J connectivity index is 2.26. The Kier molecular flexibility index (Phi) is 1.88. The number of amides is 1. The van der Waals surface area contributed by atoms with Gasteiger partial charge >= 0.3 is 0 Å². The van der Waals surface area contributed by atoms with Gasteiger partial charge in [0.05, 0.1) is 33.1 Å². The summed E-state index contributed by atoms with van der Waals surface area (Å²) in [6, 6.07) is 1.24. The maximum Gasteiger partial charge on any atom is 0.228 e. The number of likely N-dealkylation sites (tertiary alicyclic amines) is 1. The molecule has 0 aromatic rings. The molecule has 2 aliphatic heterocycles. The van der Waals surface area contributed by atoms with E-state index in [-0.39, 0.29) is 0 Å². The molecule has 74 valence electrons. The Bertz CT molecular complexity index is 237. The first kappa shape index (κ1) is 9.00. The molecule has 0 spiro atoms. The van der Waals surface area contributed by atoms with Crippen molar-refractivity contribution in [2.45, 2.75) is 31.3 Å².